The van der Waals surface area contributed by atoms with Crippen LogP contribution in [0.1, 0.15) is 122 Å². The van der Waals surface area contributed by atoms with Crippen molar-refractivity contribution in [1.29, 1.82) is 0 Å². The first-order valence-electron chi connectivity index (χ1n) is 12.4. The first-order valence-corrected chi connectivity index (χ1v) is 15.5. The Kier molecular flexibility index (Phi) is 24.3. The lowest BCUT2D eigenvalue weighted by molar-refractivity contribution is -0.139. The molecule has 0 spiro atoms. The van der Waals surface area contributed by atoms with Gasteiger partial charge in [-0.05, 0) is 13.3 Å². The normalized spacial score (nSPS) is 11.2. The van der Waals surface area contributed by atoms with Crippen LogP contribution < -0.4 is 0 Å². The van der Waals surface area contributed by atoms with E-state index in [4.69, 9.17) is 4.74 Å². The summed E-state index contributed by atoms with van der Waals surface area (Å²) in [6.07, 6.45) is 24.6. The third kappa shape index (κ3) is 24.7. The fourth-order valence-corrected chi connectivity index (χ4v) is 5.60. The molecule has 30 heavy (non-hydrogen) atoms. The minimum atomic E-state index is -0.254. The topological polar surface area (TPSA) is 26.3 Å². The largest absolute Gasteiger partial charge is 0.462 e. The van der Waals surface area contributed by atoms with E-state index < -0.39 is 0 Å². The fraction of sp³-hybridized carbons (Fsp3) is 0.880. The number of halogens is 2. The van der Waals surface area contributed by atoms with Crippen molar-refractivity contribution in [3.05, 3.63) is 12.2 Å². The lowest BCUT2D eigenvalue weighted by atomic mass is 10.0. The Morgan fingerprint density at radius 3 is 1.37 bits per heavy atom. The van der Waals surface area contributed by atoms with Crippen molar-refractivity contribution < 1.29 is 9.53 Å². The summed E-state index contributed by atoms with van der Waals surface area (Å²) in [6.45, 7) is 5.82. The van der Waals surface area contributed by atoms with Gasteiger partial charge in [0.1, 0.15) is 0 Å². The standard InChI is InChI=1S/C25H46Br2O2Si/c1-23(2)24(28)29-21-19-17-15-13-11-9-7-5-3-4-6-8-10-12-14-16-18-20-22-30-25(26)27/h25H,1,3-22H2,2H3. The van der Waals surface area contributed by atoms with Gasteiger partial charge in [0.15, 0.2) is 0 Å². The van der Waals surface area contributed by atoms with Crippen LogP contribution in [0.4, 0.5) is 0 Å². The molecule has 0 rings (SSSR count). The van der Waals surface area contributed by atoms with Gasteiger partial charge in [0, 0.05) is 5.57 Å². The lowest BCUT2D eigenvalue weighted by Crippen LogP contribution is -2.05. The van der Waals surface area contributed by atoms with Crippen LogP contribution in [-0.4, -0.2) is 25.5 Å². The number of ether oxygens (including phenoxy) is 1. The summed E-state index contributed by atoms with van der Waals surface area (Å²) in [5.41, 5.74) is 0.492. The Hall–Kier alpha value is 0.387. The summed E-state index contributed by atoms with van der Waals surface area (Å²) in [5, 5.41) is 0. The van der Waals surface area contributed by atoms with Crippen molar-refractivity contribution >= 4 is 47.3 Å². The molecule has 0 heterocycles. The fourth-order valence-electron chi connectivity index (χ4n) is 3.55. The highest BCUT2D eigenvalue weighted by Gasteiger charge is 2.02. The average molecular weight is 567 g/mol. The third-order valence-electron chi connectivity index (χ3n) is 5.45. The summed E-state index contributed by atoms with van der Waals surface area (Å²) in [5.74, 6) is -0.254. The Morgan fingerprint density at radius 2 is 1.03 bits per heavy atom. The maximum atomic E-state index is 11.2. The van der Waals surface area contributed by atoms with E-state index in [0.717, 1.165) is 15.9 Å². The van der Waals surface area contributed by atoms with Gasteiger partial charge in [-0.2, -0.15) is 0 Å². The SMILES string of the molecule is C=C(C)C(=O)OCCCCCCCCCCCCCCCCCCCC[Si]C(Br)Br. The number of alkyl halides is 2. The molecule has 0 aliphatic carbocycles. The van der Waals surface area contributed by atoms with Gasteiger partial charge in [-0.15, -0.1) is 0 Å². The molecule has 0 aromatic carbocycles. The monoisotopic (exact) mass is 564 g/mol. The molecule has 0 bridgehead atoms. The summed E-state index contributed by atoms with van der Waals surface area (Å²) in [7, 11) is 1.02. The van der Waals surface area contributed by atoms with Gasteiger partial charge >= 0.3 is 5.97 Å². The highest BCUT2D eigenvalue weighted by Crippen LogP contribution is 2.15. The Bertz CT molecular complexity index is 403. The summed E-state index contributed by atoms with van der Waals surface area (Å²) < 4.78 is 5.64. The average Bonchev–Trinajstić information content (AvgIpc) is 2.71. The van der Waals surface area contributed by atoms with Crippen molar-refractivity contribution in [1.82, 2.24) is 0 Å². The molecule has 0 fully saturated rings. The molecule has 0 aromatic rings. The number of hydrogen-bond acceptors (Lipinski definition) is 2. The number of unbranched alkanes of at least 4 members (excludes halogenated alkanes) is 17. The second kappa shape index (κ2) is 24.0. The van der Waals surface area contributed by atoms with Crippen molar-refractivity contribution in [2.24, 2.45) is 0 Å². The van der Waals surface area contributed by atoms with Crippen LogP contribution in [0.5, 0.6) is 0 Å². The number of esters is 1. The molecule has 0 atom stereocenters. The molecule has 0 amide bonds. The number of rotatable bonds is 23. The van der Waals surface area contributed by atoms with Crippen LogP contribution in [0.25, 0.3) is 0 Å². The van der Waals surface area contributed by atoms with Crippen LogP contribution in [0.15, 0.2) is 12.2 Å². The van der Waals surface area contributed by atoms with Crippen LogP contribution in [0, 0.1) is 0 Å². The van der Waals surface area contributed by atoms with Gasteiger partial charge in [-0.1, -0.05) is 154 Å². The van der Waals surface area contributed by atoms with E-state index in [9.17, 15) is 4.79 Å². The van der Waals surface area contributed by atoms with E-state index in [-0.39, 0.29) is 5.97 Å². The minimum absolute atomic E-state index is 0.254. The Labute approximate surface area is 206 Å². The number of carbonyl (C=O) groups is 1. The maximum Gasteiger partial charge on any atom is 0.333 e. The molecule has 0 aliphatic heterocycles. The molecular formula is C25H46Br2O2Si. The Balaban J connectivity index is 3.07. The molecular weight excluding hydrogens is 520 g/mol. The molecule has 0 N–H and O–H groups in total. The minimum Gasteiger partial charge on any atom is -0.462 e. The zero-order chi connectivity index (χ0) is 22.3. The maximum absolute atomic E-state index is 11.2. The van der Waals surface area contributed by atoms with Gasteiger partial charge < -0.3 is 4.74 Å². The molecule has 176 valence electrons. The zero-order valence-corrected chi connectivity index (χ0v) is 23.7. The van der Waals surface area contributed by atoms with E-state index >= 15 is 0 Å². The van der Waals surface area contributed by atoms with Gasteiger partial charge in [0.25, 0.3) is 0 Å². The second-order valence-electron chi connectivity index (χ2n) is 8.54. The molecule has 5 heteroatoms. The van der Waals surface area contributed by atoms with Gasteiger partial charge in [-0.3, -0.25) is 0 Å². The van der Waals surface area contributed by atoms with E-state index in [1.54, 1.807) is 6.92 Å². The summed E-state index contributed by atoms with van der Waals surface area (Å²) in [6, 6.07) is 1.37. The molecule has 0 saturated heterocycles. The van der Waals surface area contributed by atoms with Gasteiger partial charge in [-0.25, -0.2) is 4.79 Å². The van der Waals surface area contributed by atoms with Crippen molar-refractivity contribution in [2.75, 3.05) is 6.61 Å². The molecule has 0 unspecified atom stereocenters. The first-order chi connectivity index (χ1) is 14.5. The van der Waals surface area contributed by atoms with Gasteiger partial charge in [0.05, 0.1) is 19.5 Å². The van der Waals surface area contributed by atoms with Crippen molar-refractivity contribution in [3.63, 3.8) is 0 Å². The molecule has 2 nitrogen and oxygen atoms in total. The zero-order valence-electron chi connectivity index (χ0n) is 19.5. The highest BCUT2D eigenvalue weighted by atomic mass is 79.9. The van der Waals surface area contributed by atoms with Crippen LogP contribution in [0.2, 0.25) is 6.04 Å². The smallest absolute Gasteiger partial charge is 0.333 e. The summed E-state index contributed by atoms with van der Waals surface area (Å²) in [4.78, 5) is 11.2. The van der Waals surface area contributed by atoms with E-state index in [0.29, 0.717) is 15.5 Å². The quantitative estimate of drug-likeness (QED) is 0.0405. The predicted molar refractivity (Wildman–Crippen MR) is 141 cm³/mol. The van der Waals surface area contributed by atoms with Crippen molar-refractivity contribution in [2.45, 2.75) is 132 Å². The Morgan fingerprint density at radius 1 is 0.700 bits per heavy atom. The molecule has 0 aliphatic rings. The first kappa shape index (κ1) is 30.4. The highest BCUT2D eigenvalue weighted by molar-refractivity contribution is 9.25. The van der Waals surface area contributed by atoms with E-state index in [1.807, 2.05) is 0 Å². The predicted octanol–water partition coefficient (Wildman–Crippen LogP) is 9.32. The molecule has 2 radical (unpaired) electrons. The van der Waals surface area contributed by atoms with Crippen LogP contribution >= 0.6 is 31.9 Å². The number of hydrogen-bond donors (Lipinski definition) is 0. The lowest BCUT2D eigenvalue weighted by Gasteiger charge is -2.05. The number of carbonyl (C=O) groups excluding carboxylic acids is 1. The van der Waals surface area contributed by atoms with E-state index in [1.165, 1.54) is 115 Å². The molecule has 0 saturated carbocycles. The van der Waals surface area contributed by atoms with Crippen molar-refractivity contribution in [3.8, 4) is 0 Å². The van der Waals surface area contributed by atoms with E-state index in [2.05, 4.69) is 38.4 Å². The van der Waals surface area contributed by atoms with Crippen LogP contribution in [-0.2, 0) is 9.53 Å². The van der Waals surface area contributed by atoms with Crippen LogP contribution in [0.3, 0.4) is 0 Å². The van der Waals surface area contributed by atoms with Gasteiger partial charge in [0.2, 0.25) is 0 Å². The molecule has 0 aromatic heterocycles. The third-order valence-corrected chi connectivity index (χ3v) is 8.34. The summed E-state index contributed by atoms with van der Waals surface area (Å²) >= 11 is 7.11. The second-order valence-corrected chi connectivity index (χ2v) is 14.8.